The van der Waals surface area contributed by atoms with Gasteiger partial charge in [0.15, 0.2) is 11.6 Å². The molecule has 0 aliphatic carbocycles. The number of nitrogens with two attached hydrogens (primary N) is 1. The van der Waals surface area contributed by atoms with Crippen molar-refractivity contribution in [1.29, 1.82) is 0 Å². The molecule has 1 aromatic carbocycles. The summed E-state index contributed by atoms with van der Waals surface area (Å²) in [4.78, 5) is 11.0. The van der Waals surface area contributed by atoms with Gasteiger partial charge in [0.1, 0.15) is 16.2 Å². The van der Waals surface area contributed by atoms with E-state index in [-0.39, 0.29) is 0 Å². The molecule has 2 N–H and O–H groups in total. The molecule has 0 unspecified atom stereocenters. The van der Waals surface area contributed by atoms with Gasteiger partial charge in [-0.15, -0.1) is 11.3 Å². The number of aromatic nitrogens is 2. The molecule has 0 amide bonds. The number of rotatable bonds is 1. The predicted molar refractivity (Wildman–Crippen MR) is 81.8 cm³/mol. The number of hydrogen-bond donors (Lipinski definition) is 1. The predicted octanol–water partition coefficient (Wildman–Crippen LogP) is 4.00. The van der Waals surface area contributed by atoms with E-state index >= 15 is 0 Å². The number of thiophene rings is 1. The van der Waals surface area contributed by atoms with Crippen molar-refractivity contribution in [2.75, 3.05) is 5.73 Å². The zero-order chi connectivity index (χ0) is 13.7. The number of furan rings is 1. The number of aryl methyl sites for hydroxylation is 1. The number of para-hydroxylation sites is 1. The summed E-state index contributed by atoms with van der Waals surface area (Å²) in [6.07, 6.45) is 0. The van der Waals surface area contributed by atoms with Gasteiger partial charge >= 0.3 is 0 Å². The van der Waals surface area contributed by atoms with E-state index in [0.29, 0.717) is 17.4 Å². The average Bonchev–Trinajstić information content (AvgIpc) is 3.01. The van der Waals surface area contributed by atoms with Gasteiger partial charge in [0.2, 0.25) is 0 Å². The SMILES string of the molecule is Cc1cc2c(N)nc(-c3cc4ccccc4o3)nc2s1. The fourth-order valence-electron chi connectivity index (χ4n) is 2.27. The van der Waals surface area contributed by atoms with Crippen molar-refractivity contribution in [2.24, 2.45) is 0 Å². The molecule has 3 aromatic heterocycles. The smallest absolute Gasteiger partial charge is 0.199 e. The molecule has 0 fully saturated rings. The molecule has 4 nitrogen and oxygen atoms in total. The second-order valence-corrected chi connectivity index (χ2v) is 5.89. The van der Waals surface area contributed by atoms with Crippen molar-refractivity contribution >= 4 is 38.3 Å². The second-order valence-electron chi connectivity index (χ2n) is 4.66. The van der Waals surface area contributed by atoms with Crippen molar-refractivity contribution in [3.63, 3.8) is 0 Å². The van der Waals surface area contributed by atoms with E-state index in [4.69, 9.17) is 10.2 Å². The number of nitrogen functional groups attached to an aromatic ring is 1. The van der Waals surface area contributed by atoms with Crippen LogP contribution in [0.3, 0.4) is 0 Å². The minimum atomic E-state index is 0.495. The van der Waals surface area contributed by atoms with Crippen molar-refractivity contribution in [1.82, 2.24) is 9.97 Å². The zero-order valence-corrected chi connectivity index (χ0v) is 11.6. The molecule has 0 atom stereocenters. The molecule has 4 aromatic rings. The van der Waals surface area contributed by atoms with Crippen molar-refractivity contribution in [3.05, 3.63) is 41.3 Å². The van der Waals surface area contributed by atoms with Gasteiger partial charge in [0, 0.05) is 10.3 Å². The normalized spacial score (nSPS) is 11.4. The van der Waals surface area contributed by atoms with Crippen LogP contribution in [0, 0.1) is 6.92 Å². The first-order valence-corrected chi connectivity index (χ1v) is 7.05. The van der Waals surface area contributed by atoms with Crippen LogP contribution in [0.2, 0.25) is 0 Å². The van der Waals surface area contributed by atoms with Crippen LogP contribution in [0.4, 0.5) is 5.82 Å². The van der Waals surface area contributed by atoms with E-state index in [1.54, 1.807) is 11.3 Å². The standard InChI is InChI=1S/C15H11N3OS/c1-8-6-10-13(16)17-14(18-15(10)20-8)12-7-9-4-2-3-5-11(9)19-12/h2-7H,1H3,(H2,16,17,18). The quantitative estimate of drug-likeness (QED) is 0.573. The van der Waals surface area contributed by atoms with Gasteiger partial charge < -0.3 is 10.2 Å². The van der Waals surface area contributed by atoms with Crippen molar-refractivity contribution in [3.8, 4) is 11.6 Å². The second kappa shape index (κ2) is 4.05. The third-order valence-corrected chi connectivity index (χ3v) is 4.14. The van der Waals surface area contributed by atoms with Crippen LogP contribution in [0.15, 0.2) is 40.8 Å². The van der Waals surface area contributed by atoms with E-state index in [1.807, 2.05) is 43.3 Å². The molecule has 0 spiro atoms. The Balaban J connectivity index is 1.96. The van der Waals surface area contributed by atoms with Gasteiger partial charge in [-0.25, -0.2) is 9.97 Å². The zero-order valence-electron chi connectivity index (χ0n) is 10.8. The van der Waals surface area contributed by atoms with Crippen LogP contribution in [0.1, 0.15) is 4.88 Å². The first kappa shape index (κ1) is 11.4. The third kappa shape index (κ3) is 1.67. The number of benzene rings is 1. The summed E-state index contributed by atoms with van der Waals surface area (Å²) in [6, 6.07) is 11.8. The Morgan fingerprint density at radius 3 is 2.85 bits per heavy atom. The summed E-state index contributed by atoms with van der Waals surface area (Å²) in [5, 5.41) is 1.94. The molecule has 0 aliphatic heterocycles. The largest absolute Gasteiger partial charge is 0.453 e. The Morgan fingerprint density at radius 2 is 2.00 bits per heavy atom. The van der Waals surface area contributed by atoms with Crippen LogP contribution in [-0.4, -0.2) is 9.97 Å². The maximum absolute atomic E-state index is 6.02. The number of hydrogen-bond acceptors (Lipinski definition) is 5. The highest BCUT2D eigenvalue weighted by atomic mass is 32.1. The van der Waals surface area contributed by atoms with Gasteiger partial charge in [0.05, 0.1) is 5.39 Å². The van der Waals surface area contributed by atoms with Crippen molar-refractivity contribution in [2.45, 2.75) is 6.92 Å². The molecule has 20 heavy (non-hydrogen) atoms. The molecule has 5 heteroatoms. The molecule has 0 aliphatic rings. The number of nitrogens with zero attached hydrogens (tertiary/aromatic N) is 2. The van der Waals surface area contributed by atoms with E-state index in [2.05, 4.69) is 9.97 Å². The average molecular weight is 281 g/mol. The van der Waals surface area contributed by atoms with E-state index < -0.39 is 0 Å². The Labute approximate surface area is 118 Å². The van der Waals surface area contributed by atoms with Gasteiger partial charge in [-0.05, 0) is 25.1 Å². The van der Waals surface area contributed by atoms with E-state index in [0.717, 1.165) is 21.2 Å². The molecule has 0 saturated carbocycles. The first-order valence-electron chi connectivity index (χ1n) is 6.23. The maximum atomic E-state index is 6.02. The summed E-state index contributed by atoms with van der Waals surface area (Å²) in [7, 11) is 0. The molecular formula is C15H11N3OS. The fraction of sp³-hybridized carbons (Fsp3) is 0.0667. The molecule has 4 rings (SSSR count). The summed E-state index contributed by atoms with van der Waals surface area (Å²) >= 11 is 1.61. The minimum Gasteiger partial charge on any atom is -0.453 e. The van der Waals surface area contributed by atoms with Crippen LogP contribution < -0.4 is 5.73 Å². The van der Waals surface area contributed by atoms with Crippen LogP contribution in [0.5, 0.6) is 0 Å². The topological polar surface area (TPSA) is 64.9 Å². The highest BCUT2D eigenvalue weighted by Gasteiger charge is 2.13. The minimum absolute atomic E-state index is 0.495. The highest BCUT2D eigenvalue weighted by molar-refractivity contribution is 7.18. The molecule has 3 heterocycles. The van der Waals surface area contributed by atoms with Crippen molar-refractivity contribution < 1.29 is 4.42 Å². The first-order chi connectivity index (χ1) is 9.70. The molecule has 0 radical (unpaired) electrons. The van der Waals surface area contributed by atoms with Crippen LogP contribution in [-0.2, 0) is 0 Å². The maximum Gasteiger partial charge on any atom is 0.199 e. The fourth-order valence-corrected chi connectivity index (χ4v) is 3.15. The lowest BCUT2D eigenvalue weighted by Gasteiger charge is -1.98. The van der Waals surface area contributed by atoms with Crippen LogP contribution in [0.25, 0.3) is 32.8 Å². The lowest BCUT2D eigenvalue weighted by Crippen LogP contribution is -1.95. The number of fused-ring (bicyclic) bond motifs is 2. The Bertz CT molecular complexity index is 906. The molecule has 0 saturated heterocycles. The van der Waals surface area contributed by atoms with Gasteiger partial charge in [0.25, 0.3) is 0 Å². The summed E-state index contributed by atoms with van der Waals surface area (Å²) < 4.78 is 5.79. The Kier molecular flexibility index (Phi) is 2.31. The lowest BCUT2D eigenvalue weighted by molar-refractivity contribution is 0.626. The van der Waals surface area contributed by atoms with Gasteiger partial charge in [-0.3, -0.25) is 0 Å². The Morgan fingerprint density at radius 1 is 1.15 bits per heavy atom. The van der Waals surface area contributed by atoms with Gasteiger partial charge in [-0.1, -0.05) is 18.2 Å². The molecule has 98 valence electrons. The van der Waals surface area contributed by atoms with Crippen LogP contribution >= 0.6 is 11.3 Å². The summed E-state index contributed by atoms with van der Waals surface area (Å²) in [5.74, 6) is 1.67. The van der Waals surface area contributed by atoms with E-state index in [9.17, 15) is 0 Å². The van der Waals surface area contributed by atoms with Gasteiger partial charge in [-0.2, -0.15) is 0 Å². The molecular weight excluding hydrogens is 270 g/mol. The van der Waals surface area contributed by atoms with E-state index in [1.165, 1.54) is 4.88 Å². The lowest BCUT2D eigenvalue weighted by atomic mass is 10.2. The number of anilines is 1. The Hall–Kier alpha value is -2.40. The highest BCUT2D eigenvalue weighted by Crippen LogP contribution is 2.31. The summed E-state index contributed by atoms with van der Waals surface area (Å²) in [5.41, 5.74) is 6.84. The third-order valence-electron chi connectivity index (χ3n) is 3.19. The summed E-state index contributed by atoms with van der Waals surface area (Å²) in [6.45, 7) is 2.03. The monoisotopic (exact) mass is 281 g/mol. The molecule has 0 bridgehead atoms.